The van der Waals surface area contributed by atoms with E-state index in [2.05, 4.69) is 15.6 Å². The Morgan fingerprint density at radius 3 is 3.00 bits per heavy atom. The van der Waals surface area contributed by atoms with Crippen LogP contribution >= 0.6 is 0 Å². The molecule has 122 valence electrons. The van der Waals surface area contributed by atoms with Crippen LogP contribution in [-0.4, -0.2) is 62.1 Å². The molecular weight excluding hydrogens is 292 g/mol. The van der Waals surface area contributed by atoms with E-state index in [9.17, 15) is 13.6 Å². The van der Waals surface area contributed by atoms with Gasteiger partial charge in [0.1, 0.15) is 5.82 Å². The van der Waals surface area contributed by atoms with Gasteiger partial charge in [-0.15, -0.1) is 0 Å². The van der Waals surface area contributed by atoms with Crippen molar-refractivity contribution in [3.63, 3.8) is 0 Å². The Labute approximate surface area is 128 Å². The number of rotatable bonds is 5. The van der Waals surface area contributed by atoms with E-state index in [0.29, 0.717) is 25.2 Å². The van der Waals surface area contributed by atoms with Crippen LogP contribution in [0.1, 0.15) is 6.42 Å². The van der Waals surface area contributed by atoms with E-state index in [4.69, 9.17) is 0 Å². The molecule has 0 radical (unpaired) electrons. The van der Waals surface area contributed by atoms with Crippen molar-refractivity contribution in [3.05, 3.63) is 18.3 Å². The zero-order valence-corrected chi connectivity index (χ0v) is 12.7. The molecule has 1 fully saturated rings. The van der Waals surface area contributed by atoms with Crippen molar-refractivity contribution in [1.82, 2.24) is 15.2 Å². The first-order valence-corrected chi connectivity index (χ1v) is 7.15. The van der Waals surface area contributed by atoms with Gasteiger partial charge in [0.2, 0.25) is 0 Å². The van der Waals surface area contributed by atoms with Gasteiger partial charge in [-0.3, -0.25) is 4.90 Å². The number of halogens is 2. The van der Waals surface area contributed by atoms with Crippen molar-refractivity contribution >= 4 is 17.5 Å². The van der Waals surface area contributed by atoms with Crippen LogP contribution < -0.4 is 15.5 Å². The van der Waals surface area contributed by atoms with Crippen LogP contribution in [-0.2, 0) is 0 Å². The number of carbonyl (C=O) groups excluding carboxylic acids is 1. The molecule has 0 aliphatic carbocycles. The number of nitrogens with zero attached hydrogens (tertiary/aromatic N) is 3. The van der Waals surface area contributed by atoms with E-state index in [1.807, 2.05) is 19.0 Å². The number of alkyl halides is 2. The SMILES string of the molecule is CN(C)c1cc(NC(=O)NC2CCN(CC(F)F)C2)ccn1. The van der Waals surface area contributed by atoms with Crippen molar-refractivity contribution in [3.8, 4) is 0 Å². The van der Waals surface area contributed by atoms with Gasteiger partial charge in [-0.1, -0.05) is 0 Å². The van der Waals surface area contributed by atoms with E-state index < -0.39 is 6.43 Å². The second kappa shape index (κ2) is 7.35. The van der Waals surface area contributed by atoms with Gasteiger partial charge >= 0.3 is 6.03 Å². The molecule has 1 aromatic heterocycles. The number of amides is 2. The average Bonchev–Trinajstić information content (AvgIpc) is 2.85. The van der Waals surface area contributed by atoms with E-state index in [1.165, 1.54) is 0 Å². The molecule has 0 spiro atoms. The number of pyridine rings is 1. The third kappa shape index (κ3) is 4.80. The van der Waals surface area contributed by atoms with Gasteiger partial charge in [0.15, 0.2) is 0 Å². The van der Waals surface area contributed by atoms with Gasteiger partial charge in [-0.05, 0) is 12.5 Å². The second-order valence-corrected chi connectivity index (χ2v) is 5.53. The van der Waals surface area contributed by atoms with Gasteiger partial charge in [-0.25, -0.2) is 18.6 Å². The highest BCUT2D eigenvalue weighted by Crippen LogP contribution is 2.15. The van der Waals surface area contributed by atoms with E-state index in [0.717, 1.165) is 5.82 Å². The average molecular weight is 313 g/mol. The molecule has 1 unspecified atom stereocenters. The minimum absolute atomic E-state index is 0.103. The molecular formula is C14H21F2N5O. The fraction of sp³-hybridized carbons (Fsp3) is 0.571. The number of hydrogen-bond acceptors (Lipinski definition) is 4. The van der Waals surface area contributed by atoms with Gasteiger partial charge in [0.25, 0.3) is 6.43 Å². The molecule has 22 heavy (non-hydrogen) atoms. The smallest absolute Gasteiger partial charge is 0.319 e. The molecule has 1 aliphatic rings. The summed E-state index contributed by atoms with van der Waals surface area (Å²) >= 11 is 0. The predicted octanol–water partition coefficient (Wildman–Crippen LogP) is 1.61. The zero-order chi connectivity index (χ0) is 16.1. The summed E-state index contributed by atoms with van der Waals surface area (Å²) in [5.41, 5.74) is 0.638. The van der Waals surface area contributed by atoms with Gasteiger partial charge in [0.05, 0.1) is 6.54 Å². The molecule has 0 aromatic carbocycles. The van der Waals surface area contributed by atoms with E-state index >= 15 is 0 Å². The number of likely N-dealkylation sites (tertiary alicyclic amines) is 1. The third-order valence-corrected chi connectivity index (χ3v) is 3.47. The summed E-state index contributed by atoms with van der Waals surface area (Å²) in [4.78, 5) is 19.6. The lowest BCUT2D eigenvalue weighted by atomic mass is 10.3. The summed E-state index contributed by atoms with van der Waals surface area (Å²) in [7, 11) is 3.73. The zero-order valence-electron chi connectivity index (χ0n) is 12.7. The Morgan fingerprint density at radius 2 is 2.32 bits per heavy atom. The summed E-state index contributed by atoms with van der Waals surface area (Å²) in [5.74, 6) is 0.738. The quantitative estimate of drug-likeness (QED) is 0.867. The molecule has 1 atom stereocenters. The minimum atomic E-state index is -2.34. The molecule has 1 aliphatic heterocycles. The maximum Gasteiger partial charge on any atom is 0.319 e. The molecule has 2 rings (SSSR count). The fourth-order valence-electron chi connectivity index (χ4n) is 2.40. The molecule has 8 heteroatoms. The first kappa shape index (κ1) is 16.4. The number of aromatic nitrogens is 1. The van der Waals surface area contributed by atoms with Gasteiger partial charge in [-0.2, -0.15) is 0 Å². The highest BCUT2D eigenvalue weighted by molar-refractivity contribution is 5.89. The fourth-order valence-corrected chi connectivity index (χ4v) is 2.40. The minimum Gasteiger partial charge on any atom is -0.363 e. The Kier molecular flexibility index (Phi) is 5.48. The molecule has 2 heterocycles. The molecule has 0 bridgehead atoms. The summed E-state index contributed by atoms with van der Waals surface area (Å²) in [6, 6.07) is 3.02. The Morgan fingerprint density at radius 1 is 1.55 bits per heavy atom. The van der Waals surface area contributed by atoms with Crippen LogP contribution in [0.25, 0.3) is 0 Å². The van der Waals surface area contributed by atoms with Crippen molar-refractivity contribution < 1.29 is 13.6 Å². The largest absolute Gasteiger partial charge is 0.363 e. The number of nitrogens with one attached hydrogen (secondary N) is 2. The first-order valence-electron chi connectivity index (χ1n) is 7.15. The van der Waals surface area contributed by atoms with Crippen molar-refractivity contribution in [2.75, 3.05) is 43.9 Å². The summed E-state index contributed by atoms with van der Waals surface area (Å²) in [6.45, 7) is 0.794. The van der Waals surface area contributed by atoms with Crippen LogP contribution in [0.2, 0.25) is 0 Å². The maximum absolute atomic E-state index is 12.3. The van der Waals surface area contributed by atoms with E-state index in [-0.39, 0.29) is 18.6 Å². The standard InChI is InChI=1S/C14H21F2N5O/c1-20(2)13-7-10(3-5-17-13)18-14(22)19-11-4-6-21(8-11)9-12(15)16/h3,5,7,11-12H,4,6,8-9H2,1-2H3,(H2,17,18,19,22). The van der Waals surface area contributed by atoms with E-state index in [1.54, 1.807) is 23.2 Å². The van der Waals surface area contributed by atoms with Crippen molar-refractivity contribution in [2.45, 2.75) is 18.9 Å². The maximum atomic E-state index is 12.3. The third-order valence-electron chi connectivity index (χ3n) is 3.47. The predicted molar refractivity (Wildman–Crippen MR) is 81.6 cm³/mol. The first-order chi connectivity index (χ1) is 10.4. The van der Waals surface area contributed by atoms with Crippen molar-refractivity contribution in [2.24, 2.45) is 0 Å². The lowest BCUT2D eigenvalue weighted by molar-refractivity contribution is 0.0988. The summed E-state index contributed by atoms with van der Waals surface area (Å²) in [6.07, 6.45) is -0.0431. The molecule has 0 saturated carbocycles. The highest BCUT2D eigenvalue weighted by atomic mass is 19.3. The molecule has 6 nitrogen and oxygen atoms in total. The van der Waals surface area contributed by atoms with Crippen molar-refractivity contribution in [1.29, 1.82) is 0 Å². The summed E-state index contributed by atoms with van der Waals surface area (Å²) in [5, 5.41) is 5.54. The van der Waals surface area contributed by atoms with Crippen LogP contribution in [0, 0.1) is 0 Å². The van der Waals surface area contributed by atoms with Crippen LogP contribution in [0.3, 0.4) is 0 Å². The number of anilines is 2. The monoisotopic (exact) mass is 313 g/mol. The Bertz CT molecular complexity index is 512. The lowest BCUT2D eigenvalue weighted by Gasteiger charge is -2.17. The molecule has 2 N–H and O–H groups in total. The number of carbonyl (C=O) groups is 1. The normalized spacial score (nSPS) is 18.5. The highest BCUT2D eigenvalue weighted by Gasteiger charge is 2.25. The topological polar surface area (TPSA) is 60.5 Å². The Balaban J connectivity index is 1.82. The summed E-state index contributed by atoms with van der Waals surface area (Å²) < 4.78 is 24.6. The number of hydrogen-bond donors (Lipinski definition) is 2. The second-order valence-electron chi connectivity index (χ2n) is 5.53. The van der Waals surface area contributed by atoms with Crippen LogP contribution in [0.15, 0.2) is 18.3 Å². The van der Waals surface area contributed by atoms with Crippen LogP contribution in [0.4, 0.5) is 25.1 Å². The van der Waals surface area contributed by atoms with Gasteiger partial charge < -0.3 is 15.5 Å². The molecule has 1 saturated heterocycles. The Hall–Kier alpha value is -1.96. The molecule has 2 amide bonds. The van der Waals surface area contributed by atoms with Gasteiger partial charge in [0, 0.05) is 51.2 Å². The van der Waals surface area contributed by atoms with Crippen LogP contribution in [0.5, 0.6) is 0 Å². The molecule has 1 aromatic rings. The lowest BCUT2D eigenvalue weighted by Crippen LogP contribution is -2.40. The number of urea groups is 1.